The van der Waals surface area contributed by atoms with Crippen molar-refractivity contribution in [3.63, 3.8) is 0 Å². The van der Waals surface area contributed by atoms with E-state index < -0.39 is 6.09 Å². The van der Waals surface area contributed by atoms with Gasteiger partial charge in [-0.1, -0.05) is 56.3 Å². The number of anilines is 1. The van der Waals surface area contributed by atoms with Crippen molar-refractivity contribution >= 4 is 11.8 Å². The summed E-state index contributed by atoms with van der Waals surface area (Å²) in [5, 5.41) is 12.0. The first-order valence-electron chi connectivity index (χ1n) is 7.20. The van der Waals surface area contributed by atoms with Crippen LogP contribution in [-0.2, 0) is 16.8 Å². The number of aliphatic hydroxyl groups is 1. The van der Waals surface area contributed by atoms with Gasteiger partial charge in [-0.3, -0.25) is 5.32 Å². The molecule has 0 aliphatic rings. The fourth-order valence-corrected chi connectivity index (χ4v) is 1.97. The zero-order valence-electron chi connectivity index (χ0n) is 12.9. The molecule has 2 N–H and O–H groups in total. The minimum absolute atomic E-state index is 0.0683. The van der Waals surface area contributed by atoms with Gasteiger partial charge in [-0.15, -0.1) is 0 Å². The molecule has 1 amide bonds. The first-order chi connectivity index (χ1) is 10.5. The number of carbonyl (C=O) groups excluding carboxylic acids is 1. The summed E-state index contributed by atoms with van der Waals surface area (Å²) in [6, 6.07) is 16.9. The molecule has 4 heteroatoms. The molecule has 0 unspecified atom stereocenters. The Morgan fingerprint density at radius 1 is 1.09 bits per heavy atom. The van der Waals surface area contributed by atoms with Crippen LogP contribution in [0.15, 0.2) is 54.6 Å². The summed E-state index contributed by atoms with van der Waals surface area (Å²) in [4.78, 5) is 11.8. The largest absolute Gasteiger partial charge is 0.444 e. The molecule has 0 atom stereocenters. The summed E-state index contributed by atoms with van der Waals surface area (Å²) >= 11 is 0. The molecule has 4 nitrogen and oxygen atoms in total. The number of ether oxygens (including phenoxy) is 1. The number of hydrogen-bond donors (Lipinski definition) is 2. The lowest BCUT2D eigenvalue weighted by atomic mass is 9.86. The maximum Gasteiger partial charge on any atom is 0.411 e. The first kappa shape index (κ1) is 16.0. The van der Waals surface area contributed by atoms with E-state index in [2.05, 4.69) is 5.32 Å². The van der Waals surface area contributed by atoms with Crippen molar-refractivity contribution in [3.8, 4) is 0 Å². The average molecular weight is 299 g/mol. The number of hydrogen-bond acceptors (Lipinski definition) is 3. The van der Waals surface area contributed by atoms with Crippen molar-refractivity contribution in [3.05, 3.63) is 65.7 Å². The van der Waals surface area contributed by atoms with Crippen molar-refractivity contribution in [1.82, 2.24) is 0 Å². The van der Waals surface area contributed by atoms with Crippen LogP contribution in [0.25, 0.3) is 0 Å². The highest BCUT2D eigenvalue weighted by molar-refractivity contribution is 5.84. The van der Waals surface area contributed by atoms with E-state index in [4.69, 9.17) is 4.74 Å². The molecule has 0 spiro atoms. The summed E-state index contributed by atoms with van der Waals surface area (Å²) < 4.78 is 5.16. The Hall–Kier alpha value is -2.33. The van der Waals surface area contributed by atoms with Crippen molar-refractivity contribution in [2.24, 2.45) is 0 Å². The fraction of sp³-hybridized carbons (Fsp3) is 0.278. The molecule has 0 saturated heterocycles. The van der Waals surface area contributed by atoms with Crippen LogP contribution in [0.3, 0.4) is 0 Å². The third kappa shape index (κ3) is 4.33. The number of carbonyl (C=O) groups is 1. The highest BCUT2D eigenvalue weighted by atomic mass is 16.5. The lowest BCUT2D eigenvalue weighted by Crippen LogP contribution is -2.22. The molecule has 0 saturated carbocycles. The monoisotopic (exact) mass is 299 g/mol. The minimum atomic E-state index is -0.488. The van der Waals surface area contributed by atoms with Crippen LogP contribution in [0.5, 0.6) is 0 Å². The summed E-state index contributed by atoms with van der Waals surface area (Å²) in [6.07, 6.45) is -0.488. The van der Waals surface area contributed by atoms with Gasteiger partial charge in [-0.05, 0) is 23.3 Å². The molecule has 22 heavy (non-hydrogen) atoms. The Kier molecular flexibility index (Phi) is 5.17. The standard InChI is InChI=1S/C18H21NO3/c1-18(2,13-20)15-8-10-16(11-9-15)19-17(21)22-12-14-6-4-3-5-7-14/h3-11,20H,12-13H2,1-2H3,(H,19,21). The lowest BCUT2D eigenvalue weighted by Gasteiger charge is -2.22. The highest BCUT2D eigenvalue weighted by Gasteiger charge is 2.19. The third-order valence-electron chi connectivity index (χ3n) is 3.52. The molecule has 0 aliphatic carbocycles. The van der Waals surface area contributed by atoms with Gasteiger partial charge in [0.1, 0.15) is 6.61 Å². The minimum Gasteiger partial charge on any atom is -0.444 e. The predicted octanol–water partition coefficient (Wildman–Crippen LogP) is 3.71. The predicted molar refractivity (Wildman–Crippen MR) is 86.8 cm³/mol. The van der Waals surface area contributed by atoms with Gasteiger partial charge < -0.3 is 9.84 Å². The number of nitrogens with one attached hydrogen (secondary N) is 1. The molecule has 0 bridgehead atoms. The second-order valence-corrected chi connectivity index (χ2v) is 5.81. The van der Waals surface area contributed by atoms with E-state index in [-0.39, 0.29) is 18.6 Å². The maximum absolute atomic E-state index is 11.8. The SMILES string of the molecule is CC(C)(CO)c1ccc(NC(=O)OCc2ccccc2)cc1. The molecule has 0 fully saturated rings. The number of aliphatic hydroxyl groups excluding tert-OH is 1. The molecule has 2 aromatic carbocycles. The zero-order valence-corrected chi connectivity index (χ0v) is 12.9. The lowest BCUT2D eigenvalue weighted by molar-refractivity contribution is 0.155. The van der Waals surface area contributed by atoms with E-state index in [1.165, 1.54) is 0 Å². The van der Waals surface area contributed by atoms with Gasteiger partial charge in [0.05, 0.1) is 6.61 Å². The van der Waals surface area contributed by atoms with Crippen molar-refractivity contribution in [2.45, 2.75) is 25.9 Å². The highest BCUT2D eigenvalue weighted by Crippen LogP contribution is 2.23. The van der Waals surface area contributed by atoms with E-state index in [0.717, 1.165) is 11.1 Å². The van der Waals surface area contributed by atoms with E-state index in [1.807, 2.05) is 56.3 Å². The molecule has 0 radical (unpaired) electrons. The number of benzene rings is 2. The Balaban J connectivity index is 1.89. The molecule has 0 aromatic heterocycles. The van der Waals surface area contributed by atoms with Crippen LogP contribution >= 0.6 is 0 Å². The van der Waals surface area contributed by atoms with Gasteiger partial charge in [0, 0.05) is 11.1 Å². The Morgan fingerprint density at radius 3 is 2.32 bits per heavy atom. The second-order valence-electron chi connectivity index (χ2n) is 5.81. The van der Waals surface area contributed by atoms with E-state index in [9.17, 15) is 9.90 Å². The number of amides is 1. The molecule has 2 aromatic rings. The summed E-state index contributed by atoms with van der Waals surface area (Å²) in [6.45, 7) is 4.23. The third-order valence-corrected chi connectivity index (χ3v) is 3.52. The Labute approximate surface area is 130 Å². The number of rotatable bonds is 5. The van der Waals surface area contributed by atoms with Gasteiger partial charge in [-0.25, -0.2) is 4.79 Å². The quantitative estimate of drug-likeness (QED) is 0.885. The van der Waals surface area contributed by atoms with Gasteiger partial charge in [0.2, 0.25) is 0 Å². The van der Waals surface area contributed by atoms with Crippen LogP contribution in [0.1, 0.15) is 25.0 Å². The van der Waals surface area contributed by atoms with Gasteiger partial charge in [0.15, 0.2) is 0 Å². The Bertz CT molecular complexity index is 606. The van der Waals surface area contributed by atoms with Crippen LogP contribution in [-0.4, -0.2) is 17.8 Å². The van der Waals surface area contributed by atoms with Crippen molar-refractivity contribution in [2.75, 3.05) is 11.9 Å². The molecular formula is C18H21NO3. The van der Waals surface area contributed by atoms with Gasteiger partial charge in [-0.2, -0.15) is 0 Å². The smallest absolute Gasteiger partial charge is 0.411 e. The van der Waals surface area contributed by atoms with Crippen LogP contribution in [0, 0.1) is 0 Å². The fourth-order valence-electron chi connectivity index (χ4n) is 1.97. The molecule has 116 valence electrons. The summed E-state index contributed by atoms with van der Waals surface area (Å²) in [5.74, 6) is 0. The molecular weight excluding hydrogens is 278 g/mol. The topological polar surface area (TPSA) is 58.6 Å². The van der Waals surface area contributed by atoms with Gasteiger partial charge in [0.25, 0.3) is 0 Å². The van der Waals surface area contributed by atoms with Crippen LogP contribution in [0.2, 0.25) is 0 Å². The molecule has 0 heterocycles. The zero-order chi connectivity index (χ0) is 16.0. The first-order valence-corrected chi connectivity index (χ1v) is 7.20. The second kappa shape index (κ2) is 7.09. The van der Waals surface area contributed by atoms with Crippen LogP contribution in [0.4, 0.5) is 10.5 Å². The van der Waals surface area contributed by atoms with Crippen molar-refractivity contribution < 1.29 is 14.6 Å². The normalized spacial score (nSPS) is 11.0. The molecule has 2 rings (SSSR count). The summed E-state index contributed by atoms with van der Waals surface area (Å²) in [5.41, 5.74) is 2.32. The maximum atomic E-state index is 11.8. The van der Waals surface area contributed by atoms with E-state index in [1.54, 1.807) is 12.1 Å². The van der Waals surface area contributed by atoms with E-state index >= 15 is 0 Å². The average Bonchev–Trinajstić information content (AvgIpc) is 2.54. The summed E-state index contributed by atoms with van der Waals surface area (Å²) in [7, 11) is 0. The van der Waals surface area contributed by atoms with Crippen molar-refractivity contribution in [1.29, 1.82) is 0 Å². The molecule has 0 aliphatic heterocycles. The van der Waals surface area contributed by atoms with Crippen LogP contribution < -0.4 is 5.32 Å². The van der Waals surface area contributed by atoms with E-state index in [0.29, 0.717) is 5.69 Å². The Morgan fingerprint density at radius 2 is 1.73 bits per heavy atom. The van der Waals surface area contributed by atoms with Gasteiger partial charge >= 0.3 is 6.09 Å².